The molecule has 0 aliphatic rings. The summed E-state index contributed by atoms with van der Waals surface area (Å²) in [6.45, 7) is 3.92. The molecule has 0 fully saturated rings. The van der Waals surface area contributed by atoms with Gasteiger partial charge in [-0.2, -0.15) is 0 Å². The Balaban J connectivity index is 3.21. The first kappa shape index (κ1) is 10.6. The third-order valence-corrected chi connectivity index (χ3v) is 2.06. The van der Waals surface area contributed by atoms with Gasteiger partial charge in [0.2, 0.25) is 0 Å². The van der Waals surface area contributed by atoms with Crippen LogP contribution in [0.2, 0.25) is 0 Å². The lowest BCUT2D eigenvalue weighted by Gasteiger charge is -2.11. The Hall–Kier alpha value is -1.51. The zero-order chi connectivity index (χ0) is 10.7. The fraction of sp³-hybridized carbons (Fsp3) is 0.364. The fourth-order valence-electron chi connectivity index (χ4n) is 1.32. The van der Waals surface area contributed by atoms with E-state index in [4.69, 9.17) is 0 Å². The fourth-order valence-corrected chi connectivity index (χ4v) is 1.32. The van der Waals surface area contributed by atoms with E-state index in [1.165, 1.54) is 13.2 Å². The minimum atomic E-state index is -0.367. The number of hydrogen-bond acceptors (Lipinski definition) is 3. The van der Waals surface area contributed by atoms with Crippen molar-refractivity contribution in [1.29, 1.82) is 0 Å². The average molecular weight is 194 g/mol. The molecule has 0 saturated carbocycles. The van der Waals surface area contributed by atoms with Gasteiger partial charge in [-0.1, -0.05) is 13.8 Å². The molecule has 1 aromatic rings. The van der Waals surface area contributed by atoms with E-state index >= 15 is 0 Å². The molecular formula is C11H14O3. The van der Waals surface area contributed by atoms with Gasteiger partial charge in [-0.15, -0.1) is 0 Å². The van der Waals surface area contributed by atoms with Crippen molar-refractivity contribution in [2.45, 2.75) is 19.8 Å². The van der Waals surface area contributed by atoms with E-state index in [2.05, 4.69) is 4.74 Å². The maximum absolute atomic E-state index is 11.3. The lowest BCUT2D eigenvalue weighted by Crippen LogP contribution is -2.06. The van der Waals surface area contributed by atoms with Crippen LogP contribution in [0, 0.1) is 0 Å². The average Bonchev–Trinajstić information content (AvgIpc) is 2.16. The molecule has 0 amide bonds. The topological polar surface area (TPSA) is 46.5 Å². The Morgan fingerprint density at radius 2 is 2.07 bits per heavy atom. The molecule has 76 valence electrons. The number of phenols is 1. The van der Waals surface area contributed by atoms with Gasteiger partial charge in [0.15, 0.2) is 0 Å². The van der Waals surface area contributed by atoms with E-state index in [-0.39, 0.29) is 17.6 Å². The zero-order valence-corrected chi connectivity index (χ0v) is 8.57. The third-order valence-electron chi connectivity index (χ3n) is 2.06. The molecule has 1 rings (SSSR count). The SMILES string of the molecule is COC(=O)c1ccc(O)cc1C(C)C. The molecule has 0 saturated heterocycles. The molecule has 3 nitrogen and oxygen atoms in total. The van der Waals surface area contributed by atoms with Crippen molar-refractivity contribution in [1.82, 2.24) is 0 Å². The molecule has 0 spiro atoms. The summed E-state index contributed by atoms with van der Waals surface area (Å²) in [5, 5.41) is 9.29. The van der Waals surface area contributed by atoms with E-state index in [1.54, 1.807) is 12.1 Å². The summed E-state index contributed by atoms with van der Waals surface area (Å²) in [6, 6.07) is 4.66. The van der Waals surface area contributed by atoms with Crippen molar-refractivity contribution in [3.8, 4) is 5.75 Å². The molecule has 1 aromatic carbocycles. The highest BCUT2D eigenvalue weighted by Crippen LogP contribution is 2.24. The quantitative estimate of drug-likeness (QED) is 0.735. The Morgan fingerprint density at radius 1 is 1.43 bits per heavy atom. The van der Waals surface area contributed by atoms with E-state index in [1.807, 2.05) is 13.8 Å². The normalized spacial score (nSPS) is 10.3. The predicted octanol–water partition coefficient (Wildman–Crippen LogP) is 2.30. The Bertz CT molecular complexity index is 342. The van der Waals surface area contributed by atoms with Crippen LogP contribution in [0.5, 0.6) is 5.75 Å². The van der Waals surface area contributed by atoms with E-state index < -0.39 is 0 Å². The van der Waals surface area contributed by atoms with Crippen LogP contribution in [-0.2, 0) is 4.74 Å². The van der Waals surface area contributed by atoms with Crippen molar-refractivity contribution in [3.63, 3.8) is 0 Å². The van der Waals surface area contributed by atoms with Gasteiger partial charge in [-0.05, 0) is 29.7 Å². The molecule has 0 radical (unpaired) electrons. The first-order chi connectivity index (χ1) is 6.56. The van der Waals surface area contributed by atoms with Crippen LogP contribution in [0.25, 0.3) is 0 Å². The summed E-state index contributed by atoms with van der Waals surface area (Å²) in [4.78, 5) is 11.3. The van der Waals surface area contributed by atoms with E-state index in [0.717, 1.165) is 5.56 Å². The van der Waals surface area contributed by atoms with Crippen molar-refractivity contribution >= 4 is 5.97 Å². The van der Waals surface area contributed by atoms with Gasteiger partial charge >= 0.3 is 5.97 Å². The van der Waals surface area contributed by atoms with Crippen molar-refractivity contribution in [2.75, 3.05) is 7.11 Å². The number of carbonyl (C=O) groups excluding carboxylic acids is 1. The van der Waals surface area contributed by atoms with Crippen molar-refractivity contribution in [3.05, 3.63) is 29.3 Å². The lowest BCUT2D eigenvalue weighted by molar-refractivity contribution is 0.0599. The van der Waals surface area contributed by atoms with Gasteiger partial charge in [0.25, 0.3) is 0 Å². The number of benzene rings is 1. The monoisotopic (exact) mass is 194 g/mol. The molecule has 0 aliphatic heterocycles. The Morgan fingerprint density at radius 3 is 2.57 bits per heavy atom. The maximum atomic E-state index is 11.3. The summed E-state index contributed by atoms with van der Waals surface area (Å²) < 4.78 is 4.65. The smallest absolute Gasteiger partial charge is 0.338 e. The summed E-state index contributed by atoms with van der Waals surface area (Å²) in [5.41, 5.74) is 1.32. The molecular weight excluding hydrogens is 180 g/mol. The van der Waals surface area contributed by atoms with Crippen LogP contribution in [-0.4, -0.2) is 18.2 Å². The second kappa shape index (κ2) is 4.13. The standard InChI is InChI=1S/C11H14O3/c1-7(2)10-6-8(12)4-5-9(10)11(13)14-3/h4-7,12H,1-3H3. The van der Waals surface area contributed by atoms with E-state index in [9.17, 15) is 9.90 Å². The zero-order valence-electron chi connectivity index (χ0n) is 8.57. The first-order valence-electron chi connectivity index (χ1n) is 4.47. The second-order valence-corrected chi connectivity index (χ2v) is 3.42. The van der Waals surface area contributed by atoms with Gasteiger partial charge in [0, 0.05) is 0 Å². The van der Waals surface area contributed by atoms with E-state index in [0.29, 0.717) is 5.56 Å². The van der Waals surface area contributed by atoms with Crippen LogP contribution < -0.4 is 0 Å². The molecule has 14 heavy (non-hydrogen) atoms. The molecule has 3 heteroatoms. The lowest BCUT2D eigenvalue weighted by atomic mass is 9.97. The molecule has 0 aromatic heterocycles. The largest absolute Gasteiger partial charge is 0.508 e. The summed E-state index contributed by atoms with van der Waals surface area (Å²) in [6.07, 6.45) is 0. The summed E-state index contributed by atoms with van der Waals surface area (Å²) >= 11 is 0. The number of methoxy groups -OCH3 is 1. The highest BCUT2D eigenvalue weighted by atomic mass is 16.5. The molecule has 1 N–H and O–H groups in total. The van der Waals surface area contributed by atoms with Crippen LogP contribution in [0.3, 0.4) is 0 Å². The van der Waals surface area contributed by atoms with Crippen molar-refractivity contribution in [2.24, 2.45) is 0 Å². The highest BCUT2D eigenvalue weighted by Gasteiger charge is 2.14. The Labute approximate surface area is 83.3 Å². The van der Waals surface area contributed by atoms with Crippen LogP contribution >= 0.6 is 0 Å². The van der Waals surface area contributed by atoms with Gasteiger partial charge < -0.3 is 9.84 Å². The number of ether oxygens (including phenoxy) is 1. The van der Waals surface area contributed by atoms with Gasteiger partial charge in [0.05, 0.1) is 12.7 Å². The van der Waals surface area contributed by atoms with Gasteiger partial charge in [0.1, 0.15) is 5.75 Å². The number of aromatic hydroxyl groups is 1. The van der Waals surface area contributed by atoms with Crippen LogP contribution in [0.4, 0.5) is 0 Å². The number of rotatable bonds is 2. The van der Waals surface area contributed by atoms with Gasteiger partial charge in [-0.25, -0.2) is 4.79 Å². The summed E-state index contributed by atoms with van der Waals surface area (Å²) in [5.74, 6) is -0.0220. The van der Waals surface area contributed by atoms with Crippen LogP contribution in [0.1, 0.15) is 35.7 Å². The molecule has 0 heterocycles. The minimum Gasteiger partial charge on any atom is -0.508 e. The molecule has 0 atom stereocenters. The first-order valence-corrected chi connectivity index (χ1v) is 4.47. The third kappa shape index (κ3) is 2.05. The number of carbonyl (C=O) groups is 1. The minimum absolute atomic E-state index is 0.168. The van der Waals surface area contributed by atoms with Crippen molar-refractivity contribution < 1.29 is 14.6 Å². The molecule has 0 aliphatic carbocycles. The predicted molar refractivity (Wildman–Crippen MR) is 53.5 cm³/mol. The number of phenolic OH excluding ortho intramolecular Hbond substituents is 1. The maximum Gasteiger partial charge on any atom is 0.338 e. The number of esters is 1. The highest BCUT2D eigenvalue weighted by molar-refractivity contribution is 5.91. The van der Waals surface area contributed by atoms with Gasteiger partial charge in [-0.3, -0.25) is 0 Å². The molecule has 0 unspecified atom stereocenters. The summed E-state index contributed by atoms with van der Waals surface area (Å²) in [7, 11) is 1.35. The van der Waals surface area contributed by atoms with Crippen LogP contribution in [0.15, 0.2) is 18.2 Å². The Kier molecular flexibility index (Phi) is 3.12. The molecule has 0 bridgehead atoms. The second-order valence-electron chi connectivity index (χ2n) is 3.42. The number of hydrogen-bond donors (Lipinski definition) is 1.